The Morgan fingerprint density at radius 1 is 1.12 bits per heavy atom. The summed E-state index contributed by atoms with van der Waals surface area (Å²) in [6, 6.07) is 19.5. The van der Waals surface area contributed by atoms with Gasteiger partial charge in [0.05, 0.1) is 11.8 Å². The molecule has 0 spiro atoms. The second-order valence-electron chi connectivity index (χ2n) is 8.48. The van der Waals surface area contributed by atoms with Crippen LogP contribution in [-0.4, -0.2) is 12.1 Å². The maximum Gasteiger partial charge on any atom is 0.254 e. The molecule has 172 valence electrons. The van der Waals surface area contributed by atoms with E-state index in [2.05, 4.69) is 5.32 Å². The van der Waals surface area contributed by atoms with Crippen molar-refractivity contribution in [2.24, 2.45) is 4.99 Å². The maximum absolute atomic E-state index is 13.2. The molecule has 0 bridgehead atoms. The van der Waals surface area contributed by atoms with Gasteiger partial charge in [-0.15, -0.1) is 11.3 Å². The lowest BCUT2D eigenvalue weighted by Gasteiger charge is -2.12. The Morgan fingerprint density at radius 3 is 2.79 bits per heavy atom. The third-order valence-corrected chi connectivity index (χ3v) is 7.51. The first-order valence-electron chi connectivity index (χ1n) is 11.5. The number of carbonyl (C=O) groups excluding carboxylic acids is 1. The fraction of sp³-hybridized carbons (Fsp3) is 0.214. The van der Waals surface area contributed by atoms with E-state index in [4.69, 9.17) is 21.0 Å². The van der Waals surface area contributed by atoms with Gasteiger partial charge in [0.1, 0.15) is 16.5 Å². The van der Waals surface area contributed by atoms with E-state index in [1.807, 2.05) is 67.6 Å². The molecule has 2 aromatic carbocycles. The quantitative estimate of drug-likeness (QED) is 0.285. The maximum atomic E-state index is 13.2. The minimum atomic E-state index is -0.0647. The van der Waals surface area contributed by atoms with Gasteiger partial charge in [-0.05, 0) is 73.6 Å². The summed E-state index contributed by atoms with van der Waals surface area (Å²) in [4.78, 5) is 19.2. The minimum Gasteiger partial charge on any atom is -0.455 e. The van der Waals surface area contributed by atoms with E-state index < -0.39 is 0 Å². The average Bonchev–Trinajstić information content (AvgIpc) is 3.48. The molecular weight excluding hydrogens is 464 g/mol. The number of carbonyl (C=O) groups is 1. The fourth-order valence-electron chi connectivity index (χ4n) is 4.29. The molecule has 1 N–H and O–H groups in total. The highest BCUT2D eigenvalue weighted by Crippen LogP contribution is 2.40. The molecule has 5 rings (SSSR count). The van der Waals surface area contributed by atoms with Gasteiger partial charge in [-0.2, -0.15) is 0 Å². The van der Waals surface area contributed by atoms with Crippen molar-refractivity contribution in [2.45, 2.75) is 39.2 Å². The van der Waals surface area contributed by atoms with Crippen molar-refractivity contribution in [3.05, 3.63) is 98.6 Å². The van der Waals surface area contributed by atoms with Crippen molar-refractivity contribution in [3.8, 4) is 11.3 Å². The van der Waals surface area contributed by atoms with Gasteiger partial charge >= 0.3 is 0 Å². The third-order valence-electron chi connectivity index (χ3n) is 6.08. The second-order valence-corrected chi connectivity index (χ2v) is 10.00. The standard InChI is InChI=1S/C28H25ClN2O2S/c1-18-11-12-20(29)15-23(18)24-14-13-21(33-24)17-31-28-26(22-9-5-6-10-25(22)34-28)27(32)30-16-19-7-3-2-4-8-19/h2-4,7-8,11-15,17H,5-6,9-10,16H2,1H3,(H,30,32)/b31-17-. The van der Waals surface area contributed by atoms with Gasteiger partial charge in [-0.1, -0.05) is 48.0 Å². The SMILES string of the molecule is Cc1ccc(Cl)cc1-c1ccc(/C=N\c2sc3c(c2C(=O)NCc2ccccc2)CCCC3)o1. The summed E-state index contributed by atoms with van der Waals surface area (Å²) >= 11 is 7.79. The molecule has 2 aromatic heterocycles. The lowest BCUT2D eigenvalue weighted by atomic mass is 9.95. The highest BCUT2D eigenvalue weighted by atomic mass is 35.5. The van der Waals surface area contributed by atoms with Crippen molar-refractivity contribution in [2.75, 3.05) is 0 Å². The smallest absolute Gasteiger partial charge is 0.254 e. The van der Waals surface area contributed by atoms with Crippen LogP contribution in [0.4, 0.5) is 5.00 Å². The number of nitrogens with zero attached hydrogens (tertiary/aromatic N) is 1. The number of furan rings is 1. The summed E-state index contributed by atoms with van der Waals surface area (Å²) in [7, 11) is 0. The monoisotopic (exact) mass is 488 g/mol. The predicted molar refractivity (Wildman–Crippen MR) is 140 cm³/mol. The Kier molecular flexibility index (Phi) is 6.66. The number of halogens is 1. The summed E-state index contributed by atoms with van der Waals surface area (Å²) in [5.74, 6) is 1.31. The number of aryl methyl sites for hydroxylation is 2. The molecule has 34 heavy (non-hydrogen) atoms. The first-order valence-corrected chi connectivity index (χ1v) is 12.6. The van der Waals surface area contributed by atoms with Crippen LogP contribution in [0, 0.1) is 6.92 Å². The molecule has 0 saturated heterocycles. The summed E-state index contributed by atoms with van der Waals surface area (Å²) in [6.45, 7) is 2.52. The van der Waals surface area contributed by atoms with Gasteiger partial charge in [0, 0.05) is 22.0 Å². The van der Waals surface area contributed by atoms with E-state index in [9.17, 15) is 4.79 Å². The number of amides is 1. The molecule has 4 nitrogen and oxygen atoms in total. The molecule has 1 amide bonds. The Balaban J connectivity index is 1.40. The molecule has 0 saturated carbocycles. The topological polar surface area (TPSA) is 54.6 Å². The molecule has 1 aliphatic carbocycles. The van der Waals surface area contributed by atoms with E-state index >= 15 is 0 Å². The number of aliphatic imine (C=N–C) groups is 1. The van der Waals surface area contributed by atoms with Crippen molar-refractivity contribution >= 4 is 40.1 Å². The molecule has 1 aliphatic rings. The van der Waals surface area contributed by atoms with Crippen LogP contribution >= 0.6 is 22.9 Å². The lowest BCUT2D eigenvalue weighted by Crippen LogP contribution is -2.24. The Hall–Kier alpha value is -3.15. The second kappa shape index (κ2) is 10.00. The Labute approximate surface area is 208 Å². The number of benzene rings is 2. The lowest BCUT2D eigenvalue weighted by molar-refractivity contribution is 0.0951. The number of nitrogens with one attached hydrogen (secondary N) is 1. The van der Waals surface area contributed by atoms with Crippen LogP contribution in [0.15, 0.2) is 70.1 Å². The van der Waals surface area contributed by atoms with Gasteiger partial charge in [0.15, 0.2) is 0 Å². The van der Waals surface area contributed by atoms with Crippen molar-refractivity contribution in [1.29, 1.82) is 0 Å². The molecule has 0 unspecified atom stereocenters. The average molecular weight is 489 g/mol. The first kappa shape index (κ1) is 22.6. The van der Waals surface area contributed by atoms with Gasteiger partial charge in [-0.3, -0.25) is 4.79 Å². The molecule has 0 aliphatic heterocycles. The Bertz CT molecular complexity index is 1350. The number of hydrogen-bond acceptors (Lipinski definition) is 4. The molecule has 2 heterocycles. The summed E-state index contributed by atoms with van der Waals surface area (Å²) in [5, 5.41) is 4.50. The highest BCUT2D eigenvalue weighted by molar-refractivity contribution is 7.16. The minimum absolute atomic E-state index is 0.0647. The molecule has 0 fully saturated rings. The van der Waals surface area contributed by atoms with Crippen LogP contribution in [-0.2, 0) is 19.4 Å². The van der Waals surface area contributed by atoms with E-state index in [-0.39, 0.29) is 5.91 Å². The van der Waals surface area contributed by atoms with Gasteiger partial charge < -0.3 is 9.73 Å². The van der Waals surface area contributed by atoms with Crippen LogP contribution in [0.1, 0.15) is 50.5 Å². The molecule has 0 atom stereocenters. The Morgan fingerprint density at radius 2 is 1.94 bits per heavy atom. The van der Waals surface area contributed by atoms with Gasteiger partial charge in [0.25, 0.3) is 5.91 Å². The largest absolute Gasteiger partial charge is 0.455 e. The van der Waals surface area contributed by atoms with E-state index in [0.29, 0.717) is 22.9 Å². The molecule has 0 radical (unpaired) electrons. The van der Waals surface area contributed by atoms with Crippen LogP contribution in [0.2, 0.25) is 5.02 Å². The van der Waals surface area contributed by atoms with E-state index in [1.54, 1.807) is 17.6 Å². The van der Waals surface area contributed by atoms with Crippen LogP contribution < -0.4 is 5.32 Å². The van der Waals surface area contributed by atoms with Crippen molar-refractivity contribution < 1.29 is 9.21 Å². The van der Waals surface area contributed by atoms with Gasteiger partial charge in [0.2, 0.25) is 0 Å². The highest BCUT2D eigenvalue weighted by Gasteiger charge is 2.25. The number of fused-ring (bicyclic) bond motifs is 1. The summed E-state index contributed by atoms with van der Waals surface area (Å²) < 4.78 is 6.03. The molecule has 6 heteroatoms. The number of thiophene rings is 1. The zero-order valence-electron chi connectivity index (χ0n) is 18.9. The summed E-state index contributed by atoms with van der Waals surface area (Å²) in [5.41, 5.74) is 4.99. The predicted octanol–water partition coefficient (Wildman–Crippen LogP) is 7.53. The molecular formula is C28H25ClN2O2S. The summed E-state index contributed by atoms with van der Waals surface area (Å²) in [6.07, 6.45) is 5.89. The molecule has 4 aromatic rings. The zero-order chi connectivity index (χ0) is 23.5. The number of hydrogen-bond donors (Lipinski definition) is 1. The van der Waals surface area contributed by atoms with Crippen LogP contribution in [0.5, 0.6) is 0 Å². The normalized spacial score (nSPS) is 13.2. The fourth-order valence-corrected chi connectivity index (χ4v) is 5.69. The van der Waals surface area contributed by atoms with E-state index in [0.717, 1.165) is 58.7 Å². The van der Waals surface area contributed by atoms with Gasteiger partial charge in [-0.25, -0.2) is 4.99 Å². The van der Waals surface area contributed by atoms with E-state index in [1.165, 1.54) is 4.88 Å². The van der Waals surface area contributed by atoms with Crippen LogP contribution in [0.3, 0.4) is 0 Å². The zero-order valence-corrected chi connectivity index (χ0v) is 20.5. The number of rotatable bonds is 6. The van der Waals surface area contributed by atoms with Crippen LogP contribution in [0.25, 0.3) is 11.3 Å². The van der Waals surface area contributed by atoms with Crippen molar-refractivity contribution in [1.82, 2.24) is 5.32 Å². The third kappa shape index (κ3) is 4.86. The first-order chi connectivity index (χ1) is 16.6. The van der Waals surface area contributed by atoms with Crippen molar-refractivity contribution in [3.63, 3.8) is 0 Å².